The topological polar surface area (TPSA) is 75.5 Å². The van der Waals surface area contributed by atoms with Crippen molar-refractivity contribution < 1.29 is 14.6 Å². The highest BCUT2D eigenvalue weighted by molar-refractivity contribution is 7.99. The molecule has 0 amide bonds. The molecule has 6 nitrogen and oxygen atoms in total. The van der Waals surface area contributed by atoms with Crippen molar-refractivity contribution in [3.63, 3.8) is 0 Å². The van der Waals surface area contributed by atoms with Crippen molar-refractivity contribution in [2.45, 2.75) is 37.0 Å². The minimum absolute atomic E-state index is 0.212. The van der Waals surface area contributed by atoms with Crippen LogP contribution >= 0.6 is 11.8 Å². The van der Waals surface area contributed by atoms with E-state index < -0.39 is 5.97 Å². The number of methoxy groups -OCH3 is 1. The highest BCUT2D eigenvalue weighted by Crippen LogP contribution is 2.32. The monoisotopic (exact) mass is 479 g/mol. The Morgan fingerprint density at radius 3 is 2.94 bits per heavy atom. The van der Waals surface area contributed by atoms with Gasteiger partial charge >= 0.3 is 5.97 Å². The van der Waals surface area contributed by atoms with Gasteiger partial charge in [0.05, 0.1) is 12.6 Å². The molecule has 2 atom stereocenters. The number of nitrogens with zero attached hydrogens (tertiary/aromatic N) is 3. The van der Waals surface area contributed by atoms with Gasteiger partial charge in [0.25, 0.3) is 0 Å². The van der Waals surface area contributed by atoms with Gasteiger partial charge in [0, 0.05) is 54.1 Å². The van der Waals surface area contributed by atoms with Gasteiger partial charge in [-0.25, -0.2) is 0 Å². The molecule has 4 rings (SSSR count). The Morgan fingerprint density at radius 1 is 1.24 bits per heavy atom. The quantitative estimate of drug-likeness (QED) is 0.380. The molecule has 1 N–H and O–H groups in total. The Morgan fingerprint density at radius 2 is 2.15 bits per heavy atom. The molecule has 34 heavy (non-hydrogen) atoms. The van der Waals surface area contributed by atoms with Crippen LogP contribution in [-0.2, 0) is 11.2 Å². The third-order valence-corrected chi connectivity index (χ3v) is 7.74. The van der Waals surface area contributed by atoms with Crippen LogP contribution in [0, 0.1) is 11.8 Å². The summed E-state index contributed by atoms with van der Waals surface area (Å²) in [7, 11) is 1.68. The fraction of sp³-hybridized carbons (Fsp3) is 0.444. The molecule has 0 bridgehead atoms. The maximum absolute atomic E-state index is 11.6. The van der Waals surface area contributed by atoms with E-state index in [9.17, 15) is 9.90 Å². The number of piperidine rings is 1. The number of hydrogen-bond donors (Lipinski definition) is 1. The molecular weight excluding hydrogens is 446 g/mol. The summed E-state index contributed by atoms with van der Waals surface area (Å²) in [5, 5.41) is 10.7. The molecule has 1 fully saturated rings. The Balaban J connectivity index is 1.31. The molecule has 2 aromatic heterocycles. The number of carboxylic acid groups (broad SMARTS) is 1. The summed E-state index contributed by atoms with van der Waals surface area (Å²) in [6.45, 7) is 2.90. The van der Waals surface area contributed by atoms with Crippen LogP contribution in [0.1, 0.15) is 31.2 Å². The molecule has 1 aliphatic heterocycles. The molecule has 3 heterocycles. The molecular formula is C27H33N3O3S. The maximum Gasteiger partial charge on any atom is 0.303 e. The van der Waals surface area contributed by atoms with E-state index in [1.807, 2.05) is 42.4 Å². The van der Waals surface area contributed by atoms with Gasteiger partial charge in [0.2, 0.25) is 0 Å². The zero-order chi connectivity index (χ0) is 23.8. The molecule has 0 unspecified atom stereocenters. The Hall–Kier alpha value is -2.64. The fourth-order valence-electron chi connectivity index (χ4n) is 5.00. The van der Waals surface area contributed by atoms with Crippen molar-refractivity contribution in [2.24, 2.45) is 11.8 Å². The number of likely N-dealkylation sites (tertiary alicyclic amines) is 1. The number of rotatable bonds is 11. The van der Waals surface area contributed by atoms with E-state index in [0.29, 0.717) is 5.92 Å². The number of aryl methyl sites for hydroxylation is 1. The molecule has 1 aromatic carbocycles. The highest BCUT2D eigenvalue weighted by atomic mass is 32.2. The van der Waals surface area contributed by atoms with Gasteiger partial charge in [-0.3, -0.25) is 14.8 Å². The van der Waals surface area contributed by atoms with Crippen LogP contribution in [0.5, 0.6) is 5.75 Å². The Kier molecular flexibility index (Phi) is 8.77. The number of benzene rings is 1. The van der Waals surface area contributed by atoms with Crippen molar-refractivity contribution in [3.8, 4) is 5.75 Å². The molecule has 3 aromatic rings. The summed E-state index contributed by atoms with van der Waals surface area (Å²) in [6, 6.07) is 12.1. The highest BCUT2D eigenvalue weighted by Gasteiger charge is 2.30. The van der Waals surface area contributed by atoms with Crippen LogP contribution in [0.25, 0.3) is 10.9 Å². The first kappa shape index (κ1) is 24.5. The molecule has 0 aliphatic carbocycles. The summed E-state index contributed by atoms with van der Waals surface area (Å²) in [6.07, 6.45) is 9.96. The zero-order valence-electron chi connectivity index (χ0n) is 19.7. The van der Waals surface area contributed by atoms with Crippen LogP contribution in [-0.4, -0.2) is 58.4 Å². The number of aliphatic carboxylic acids is 1. The van der Waals surface area contributed by atoms with Crippen LogP contribution in [0.3, 0.4) is 0 Å². The second-order valence-electron chi connectivity index (χ2n) is 8.99. The van der Waals surface area contributed by atoms with Gasteiger partial charge in [0.15, 0.2) is 0 Å². The standard InChI is InChI=1S/C27H33N3O3S/c1-33-23-7-8-26-25(17-23)21(9-12-29-26)5-2-4-20-10-13-30(19-22(20)16-27(31)32)14-15-34-24-6-3-11-28-18-24/h3,6-9,11-12,17-18,20,22H,2,4-5,10,13-16,19H2,1H3,(H,31,32)/t20-,22+/m1/s1. The summed E-state index contributed by atoms with van der Waals surface area (Å²) in [4.78, 5) is 23.8. The van der Waals surface area contributed by atoms with E-state index in [1.54, 1.807) is 13.3 Å². The van der Waals surface area contributed by atoms with E-state index in [4.69, 9.17) is 4.74 Å². The largest absolute Gasteiger partial charge is 0.497 e. The van der Waals surface area contributed by atoms with Gasteiger partial charge in [-0.2, -0.15) is 0 Å². The Labute approximate surface area is 205 Å². The Bertz CT molecular complexity index is 1080. The number of pyridine rings is 2. The predicted molar refractivity (Wildman–Crippen MR) is 136 cm³/mol. The smallest absolute Gasteiger partial charge is 0.303 e. The number of hydrogen-bond acceptors (Lipinski definition) is 6. The van der Waals surface area contributed by atoms with Gasteiger partial charge in [-0.15, -0.1) is 11.8 Å². The molecule has 0 spiro atoms. The van der Waals surface area contributed by atoms with E-state index in [-0.39, 0.29) is 12.3 Å². The van der Waals surface area contributed by atoms with Crippen molar-refractivity contribution in [1.82, 2.24) is 14.9 Å². The summed E-state index contributed by atoms with van der Waals surface area (Å²) in [5.41, 5.74) is 2.27. The lowest BCUT2D eigenvalue weighted by atomic mass is 9.80. The second kappa shape index (κ2) is 12.2. The second-order valence-corrected chi connectivity index (χ2v) is 10.2. The summed E-state index contributed by atoms with van der Waals surface area (Å²) >= 11 is 1.81. The van der Waals surface area contributed by atoms with Crippen LogP contribution in [0.4, 0.5) is 0 Å². The fourth-order valence-corrected chi connectivity index (χ4v) is 5.90. The predicted octanol–water partition coefficient (Wildman–Crippen LogP) is 5.17. The molecule has 180 valence electrons. The first-order valence-corrected chi connectivity index (χ1v) is 13.0. The lowest BCUT2D eigenvalue weighted by Crippen LogP contribution is -2.42. The number of fused-ring (bicyclic) bond motifs is 1. The molecule has 1 aliphatic rings. The van der Waals surface area contributed by atoms with Crippen LogP contribution < -0.4 is 4.74 Å². The minimum Gasteiger partial charge on any atom is -0.497 e. The van der Waals surface area contributed by atoms with Crippen LogP contribution in [0.2, 0.25) is 0 Å². The van der Waals surface area contributed by atoms with Gasteiger partial charge in [-0.1, -0.05) is 0 Å². The van der Waals surface area contributed by atoms with E-state index in [2.05, 4.69) is 33.1 Å². The number of thioether (sulfide) groups is 1. The summed E-state index contributed by atoms with van der Waals surface area (Å²) < 4.78 is 5.40. The molecule has 0 saturated carbocycles. The van der Waals surface area contributed by atoms with Gasteiger partial charge in [-0.05, 0) is 86.0 Å². The maximum atomic E-state index is 11.6. The van der Waals surface area contributed by atoms with E-state index in [1.165, 1.54) is 10.5 Å². The molecule has 0 radical (unpaired) electrons. The zero-order valence-corrected chi connectivity index (χ0v) is 20.5. The van der Waals surface area contributed by atoms with Crippen molar-refractivity contribution in [1.29, 1.82) is 0 Å². The first-order valence-electron chi connectivity index (χ1n) is 12.0. The van der Waals surface area contributed by atoms with E-state index in [0.717, 1.165) is 67.7 Å². The number of carbonyl (C=O) groups is 1. The number of ether oxygens (including phenoxy) is 1. The third kappa shape index (κ3) is 6.70. The van der Waals surface area contributed by atoms with E-state index >= 15 is 0 Å². The third-order valence-electron chi connectivity index (χ3n) is 6.78. The van der Waals surface area contributed by atoms with Crippen molar-refractivity contribution >= 4 is 28.6 Å². The normalized spacial score (nSPS) is 18.7. The first-order chi connectivity index (χ1) is 16.6. The van der Waals surface area contributed by atoms with Crippen LogP contribution in [0.15, 0.2) is 59.9 Å². The average Bonchev–Trinajstić information content (AvgIpc) is 2.85. The molecule has 1 saturated heterocycles. The minimum atomic E-state index is -0.686. The average molecular weight is 480 g/mol. The van der Waals surface area contributed by atoms with Gasteiger partial charge in [0.1, 0.15) is 5.75 Å². The number of aromatic nitrogens is 2. The van der Waals surface area contributed by atoms with Crippen molar-refractivity contribution in [3.05, 3.63) is 60.6 Å². The lowest BCUT2D eigenvalue weighted by molar-refractivity contribution is -0.139. The SMILES string of the molecule is COc1ccc2nccc(CCC[C@@H]3CCN(CCSc4cccnc4)C[C@@H]3CC(=O)O)c2c1. The van der Waals surface area contributed by atoms with Gasteiger partial charge < -0.3 is 14.7 Å². The summed E-state index contributed by atoms with van der Waals surface area (Å²) in [5.74, 6) is 1.82. The molecule has 7 heteroatoms. The van der Waals surface area contributed by atoms with Crippen molar-refractivity contribution in [2.75, 3.05) is 32.5 Å². The lowest BCUT2D eigenvalue weighted by Gasteiger charge is -2.38. The number of carboxylic acids is 1.